The lowest BCUT2D eigenvalue weighted by Gasteiger charge is -2.13. The maximum absolute atomic E-state index is 13.7. The summed E-state index contributed by atoms with van der Waals surface area (Å²) in [4.78, 5) is 4.30. The van der Waals surface area contributed by atoms with E-state index in [-0.39, 0.29) is 5.82 Å². The number of nitrogens with one attached hydrogen (secondary N) is 1. The van der Waals surface area contributed by atoms with E-state index in [9.17, 15) is 4.39 Å². The fourth-order valence-electron chi connectivity index (χ4n) is 1.85. The van der Waals surface area contributed by atoms with Gasteiger partial charge in [-0.3, -0.25) is 0 Å². The van der Waals surface area contributed by atoms with Crippen molar-refractivity contribution in [1.29, 1.82) is 0 Å². The minimum absolute atomic E-state index is 0.300. The number of hydrogen-bond donors (Lipinski definition) is 1. The van der Waals surface area contributed by atoms with Crippen molar-refractivity contribution in [3.05, 3.63) is 34.6 Å². The van der Waals surface area contributed by atoms with Crippen LogP contribution in [0.1, 0.15) is 25.3 Å². The van der Waals surface area contributed by atoms with Crippen molar-refractivity contribution in [3.63, 3.8) is 0 Å². The number of benzene rings is 1. The van der Waals surface area contributed by atoms with Gasteiger partial charge in [0.15, 0.2) is 0 Å². The molecule has 1 aromatic heterocycles. The van der Waals surface area contributed by atoms with Crippen LogP contribution in [0.5, 0.6) is 0 Å². The smallest absolute Gasteiger partial charge is 0.149 e. The van der Waals surface area contributed by atoms with E-state index in [4.69, 9.17) is 11.6 Å². The highest BCUT2D eigenvalue weighted by atomic mass is 35.5. The molecule has 90 valence electrons. The number of nitrogens with zero attached hydrogens (tertiary/aromatic N) is 1. The van der Waals surface area contributed by atoms with Crippen LogP contribution < -0.4 is 5.32 Å². The number of fused-ring (bicyclic) bond motifs is 1. The lowest BCUT2D eigenvalue weighted by atomic mass is 10.0. The van der Waals surface area contributed by atoms with Gasteiger partial charge in [-0.15, -0.1) is 0 Å². The van der Waals surface area contributed by atoms with Crippen molar-refractivity contribution in [1.82, 2.24) is 4.98 Å². The fourth-order valence-corrected chi connectivity index (χ4v) is 2.06. The second kappa shape index (κ2) is 4.49. The first-order chi connectivity index (χ1) is 8.04. The van der Waals surface area contributed by atoms with E-state index < -0.39 is 0 Å². The summed E-state index contributed by atoms with van der Waals surface area (Å²) in [6.07, 6.45) is 0. The molecule has 1 N–H and O–H groups in total. The van der Waals surface area contributed by atoms with Gasteiger partial charge in [0.1, 0.15) is 17.2 Å². The molecule has 0 fully saturated rings. The van der Waals surface area contributed by atoms with Gasteiger partial charge in [0.05, 0.1) is 5.02 Å². The van der Waals surface area contributed by atoms with Crippen LogP contribution in [0.4, 0.5) is 10.2 Å². The van der Waals surface area contributed by atoms with Crippen LogP contribution in [0.3, 0.4) is 0 Å². The molecule has 0 saturated heterocycles. The van der Waals surface area contributed by atoms with E-state index >= 15 is 0 Å². The molecule has 2 rings (SSSR count). The summed E-state index contributed by atoms with van der Waals surface area (Å²) in [5, 5.41) is 4.18. The van der Waals surface area contributed by atoms with Gasteiger partial charge in [0, 0.05) is 12.4 Å². The molecular weight excluding hydrogens is 239 g/mol. The molecule has 0 amide bonds. The summed E-state index contributed by atoms with van der Waals surface area (Å²) in [7, 11) is 1.78. The van der Waals surface area contributed by atoms with Crippen LogP contribution in [-0.4, -0.2) is 12.0 Å². The van der Waals surface area contributed by atoms with Gasteiger partial charge in [-0.1, -0.05) is 25.4 Å². The Bertz CT molecular complexity index is 567. The summed E-state index contributed by atoms with van der Waals surface area (Å²) in [6, 6.07) is 4.81. The topological polar surface area (TPSA) is 24.9 Å². The maximum Gasteiger partial charge on any atom is 0.149 e. The highest BCUT2D eigenvalue weighted by molar-refractivity contribution is 6.35. The van der Waals surface area contributed by atoms with Crippen LogP contribution in [-0.2, 0) is 0 Å². The minimum Gasteiger partial charge on any atom is -0.373 e. The van der Waals surface area contributed by atoms with Crippen LogP contribution in [0.25, 0.3) is 10.9 Å². The van der Waals surface area contributed by atoms with Gasteiger partial charge in [-0.2, -0.15) is 0 Å². The summed E-state index contributed by atoms with van der Waals surface area (Å²) in [5.74, 6) is 0.651. The van der Waals surface area contributed by atoms with Gasteiger partial charge >= 0.3 is 0 Å². The molecule has 0 bridgehead atoms. The number of rotatable bonds is 2. The Morgan fingerprint density at radius 1 is 1.35 bits per heavy atom. The Morgan fingerprint density at radius 2 is 2.06 bits per heavy atom. The van der Waals surface area contributed by atoms with E-state index in [1.54, 1.807) is 13.1 Å². The lowest BCUT2D eigenvalue weighted by Crippen LogP contribution is -2.01. The van der Waals surface area contributed by atoms with Crippen LogP contribution in [0.2, 0.25) is 5.02 Å². The lowest BCUT2D eigenvalue weighted by molar-refractivity contribution is 0.636. The summed E-state index contributed by atoms with van der Waals surface area (Å²) in [6.45, 7) is 4.13. The molecule has 2 nitrogen and oxygen atoms in total. The van der Waals surface area contributed by atoms with E-state index in [0.717, 1.165) is 5.56 Å². The van der Waals surface area contributed by atoms with Crippen molar-refractivity contribution in [2.45, 2.75) is 19.8 Å². The average Bonchev–Trinajstić information content (AvgIpc) is 2.32. The summed E-state index contributed by atoms with van der Waals surface area (Å²) < 4.78 is 13.7. The highest BCUT2D eigenvalue weighted by Gasteiger charge is 2.13. The summed E-state index contributed by atoms with van der Waals surface area (Å²) in [5.41, 5.74) is 1.35. The standard InChI is InChI=1S/C13H14ClFN2/c1-7(2)8-6-9-10(14)4-5-11(15)12(9)17-13(8)16-3/h4-7H,1-3H3,(H,16,17). The first-order valence-electron chi connectivity index (χ1n) is 5.51. The SMILES string of the molecule is CNc1nc2c(F)ccc(Cl)c2cc1C(C)C. The molecule has 0 saturated carbocycles. The van der Waals surface area contributed by atoms with E-state index in [0.29, 0.717) is 27.7 Å². The molecule has 0 spiro atoms. The molecule has 0 aliphatic carbocycles. The van der Waals surface area contributed by atoms with Crippen LogP contribution >= 0.6 is 11.6 Å². The number of aromatic nitrogens is 1. The molecular formula is C13H14ClFN2. The zero-order valence-electron chi connectivity index (χ0n) is 10.0. The molecule has 1 aromatic carbocycles. The molecule has 0 atom stereocenters. The molecule has 0 radical (unpaired) electrons. The molecule has 2 aromatic rings. The number of halogens is 2. The maximum atomic E-state index is 13.7. The van der Waals surface area contributed by atoms with Gasteiger partial charge < -0.3 is 5.32 Å². The van der Waals surface area contributed by atoms with Crippen molar-refractivity contribution >= 4 is 28.3 Å². The third kappa shape index (κ3) is 2.07. The predicted octanol–water partition coefficient (Wildman–Crippen LogP) is 4.19. The molecule has 0 aliphatic rings. The van der Waals surface area contributed by atoms with Crippen LogP contribution in [0.15, 0.2) is 18.2 Å². The van der Waals surface area contributed by atoms with E-state index in [1.165, 1.54) is 6.07 Å². The fraction of sp³-hybridized carbons (Fsp3) is 0.308. The summed E-state index contributed by atoms with van der Waals surface area (Å²) >= 11 is 6.07. The second-order valence-corrected chi connectivity index (χ2v) is 4.66. The zero-order valence-corrected chi connectivity index (χ0v) is 10.8. The molecule has 4 heteroatoms. The normalized spacial score (nSPS) is 11.2. The van der Waals surface area contributed by atoms with Crippen molar-refractivity contribution < 1.29 is 4.39 Å². The Balaban J connectivity index is 2.83. The Labute approximate surface area is 105 Å². The molecule has 1 heterocycles. The van der Waals surface area contributed by atoms with Gasteiger partial charge in [0.25, 0.3) is 0 Å². The quantitative estimate of drug-likeness (QED) is 0.867. The number of pyridine rings is 1. The number of anilines is 1. The van der Waals surface area contributed by atoms with Crippen molar-refractivity contribution in [2.24, 2.45) is 0 Å². The first-order valence-corrected chi connectivity index (χ1v) is 5.88. The third-order valence-corrected chi connectivity index (χ3v) is 3.10. The Morgan fingerprint density at radius 3 is 2.65 bits per heavy atom. The second-order valence-electron chi connectivity index (χ2n) is 4.26. The monoisotopic (exact) mass is 252 g/mol. The molecule has 17 heavy (non-hydrogen) atoms. The highest BCUT2D eigenvalue weighted by Crippen LogP contribution is 2.31. The number of hydrogen-bond acceptors (Lipinski definition) is 2. The first kappa shape index (κ1) is 12.1. The minimum atomic E-state index is -0.351. The van der Waals surface area contributed by atoms with Crippen molar-refractivity contribution in [3.8, 4) is 0 Å². The average molecular weight is 253 g/mol. The van der Waals surface area contributed by atoms with Crippen molar-refractivity contribution in [2.75, 3.05) is 12.4 Å². The van der Waals surface area contributed by atoms with Crippen LogP contribution in [0, 0.1) is 5.82 Å². The molecule has 0 aliphatic heterocycles. The zero-order chi connectivity index (χ0) is 12.6. The Hall–Kier alpha value is -1.35. The van der Waals surface area contributed by atoms with Gasteiger partial charge in [0.2, 0.25) is 0 Å². The predicted molar refractivity (Wildman–Crippen MR) is 70.3 cm³/mol. The molecule has 0 unspecified atom stereocenters. The van der Waals surface area contributed by atoms with Gasteiger partial charge in [-0.05, 0) is 29.7 Å². The van der Waals surface area contributed by atoms with Gasteiger partial charge in [-0.25, -0.2) is 9.37 Å². The third-order valence-electron chi connectivity index (χ3n) is 2.77. The Kier molecular flexibility index (Phi) is 3.20. The van der Waals surface area contributed by atoms with E-state index in [1.807, 2.05) is 6.07 Å². The van der Waals surface area contributed by atoms with E-state index in [2.05, 4.69) is 24.1 Å². The largest absolute Gasteiger partial charge is 0.373 e.